The minimum atomic E-state index is 0.153. The lowest BCUT2D eigenvalue weighted by Crippen LogP contribution is -2.39. The van der Waals surface area contributed by atoms with Gasteiger partial charge in [0.25, 0.3) is 0 Å². The molecule has 3 nitrogen and oxygen atoms in total. The van der Waals surface area contributed by atoms with Gasteiger partial charge in [0, 0.05) is 35.6 Å². The summed E-state index contributed by atoms with van der Waals surface area (Å²) in [6, 6.07) is 6.57. The molecule has 1 unspecified atom stereocenters. The van der Waals surface area contributed by atoms with E-state index in [-0.39, 0.29) is 5.92 Å². The molecule has 1 aliphatic carbocycles. The van der Waals surface area contributed by atoms with E-state index in [9.17, 15) is 4.79 Å². The summed E-state index contributed by atoms with van der Waals surface area (Å²) in [5, 5.41) is 1.31. The zero-order chi connectivity index (χ0) is 16.4. The van der Waals surface area contributed by atoms with Crippen LogP contribution in [0.15, 0.2) is 18.2 Å². The molecule has 3 heteroatoms. The minimum absolute atomic E-state index is 0.153. The van der Waals surface area contributed by atoms with Gasteiger partial charge < -0.3 is 9.88 Å². The van der Waals surface area contributed by atoms with E-state index in [4.69, 9.17) is 0 Å². The van der Waals surface area contributed by atoms with Crippen LogP contribution >= 0.6 is 0 Å². The normalized spacial score (nSPS) is 17.3. The maximum atomic E-state index is 12.9. The highest BCUT2D eigenvalue weighted by molar-refractivity contribution is 5.87. The highest BCUT2D eigenvalue weighted by Gasteiger charge is 2.29. The first kappa shape index (κ1) is 16.1. The Hall–Kier alpha value is -1.77. The zero-order valence-electron chi connectivity index (χ0n) is 14.6. The van der Waals surface area contributed by atoms with Crippen LogP contribution in [0.5, 0.6) is 0 Å². The highest BCUT2D eigenvalue weighted by Crippen LogP contribution is 2.33. The van der Waals surface area contributed by atoms with Gasteiger partial charge in [-0.05, 0) is 56.7 Å². The molecule has 0 saturated heterocycles. The van der Waals surface area contributed by atoms with E-state index in [0.29, 0.717) is 5.91 Å². The molecule has 0 aliphatic heterocycles. The van der Waals surface area contributed by atoms with E-state index in [2.05, 4.69) is 48.9 Å². The van der Waals surface area contributed by atoms with Gasteiger partial charge in [-0.15, -0.1) is 0 Å². The molecule has 1 N–H and O–H groups in total. The molecule has 1 aromatic heterocycles. The van der Waals surface area contributed by atoms with Gasteiger partial charge in [0.05, 0.1) is 0 Å². The van der Waals surface area contributed by atoms with Gasteiger partial charge in [0.2, 0.25) is 5.91 Å². The molecular weight excluding hydrogens is 284 g/mol. The SMILES string of the molecule is CCCN(CCC)C(=O)C1CCc2[nH]c3ccc(C)cc3c2C1. The molecule has 1 amide bonds. The number of hydrogen-bond acceptors (Lipinski definition) is 1. The van der Waals surface area contributed by atoms with E-state index in [1.807, 2.05) is 0 Å². The van der Waals surface area contributed by atoms with Crippen molar-refractivity contribution in [3.63, 3.8) is 0 Å². The largest absolute Gasteiger partial charge is 0.358 e. The number of aromatic nitrogens is 1. The lowest BCUT2D eigenvalue weighted by atomic mass is 9.85. The molecule has 124 valence electrons. The lowest BCUT2D eigenvalue weighted by molar-refractivity contribution is -0.136. The molecule has 1 aromatic carbocycles. The average molecular weight is 312 g/mol. The van der Waals surface area contributed by atoms with Crippen molar-refractivity contribution in [2.75, 3.05) is 13.1 Å². The molecule has 0 spiro atoms. The van der Waals surface area contributed by atoms with Crippen molar-refractivity contribution >= 4 is 16.8 Å². The Morgan fingerprint density at radius 1 is 1.26 bits per heavy atom. The van der Waals surface area contributed by atoms with Crippen LogP contribution < -0.4 is 0 Å². The molecular formula is C20H28N2O. The van der Waals surface area contributed by atoms with Gasteiger partial charge in [0.1, 0.15) is 0 Å². The van der Waals surface area contributed by atoms with Gasteiger partial charge in [-0.1, -0.05) is 25.5 Å². The van der Waals surface area contributed by atoms with Crippen LogP contribution in [0, 0.1) is 12.8 Å². The van der Waals surface area contributed by atoms with Crippen LogP contribution in [0.3, 0.4) is 0 Å². The van der Waals surface area contributed by atoms with E-state index in [1.165, 1.54) is 27.7 Å². The number of rotatable bonds is 5. The maximum Gasteiger partial charge on any atom is 0.226 e. The van der Waals surface area contributed by atoms with E-state index >= 15 is 0 Å². The van der Waals surface area contributed by atoms with Gasteiger partial charge in [-0.2, -0.15) is 0 Å². The smallest absolute Gasteiger partial charge is 0.226 e. The second-order valence-electron chi connectivity index (χ2n) is 6.90. The van der Waals surface area contributed by atoms with Crippen molar-refractivity contribution in [1.82, 2.24) is 9.88 Å². The summed E-state index contributed by atoms with van der Waals surface area (Å²) in [6.07, 6.45) is 4.93. The maximum absolute atomic E-state index is 12.9. The molecule has 1 aliphatic rings. The summed E-state index contributed by atoms with van der Waals surface area (Å²) in [7, 11) is 0. The van der Waals surface area contributed by atoms with Gasteiger partial charge in [-0.3, -0.25) is 4.79 Å². The van der Waals surface area contributed by atoms with Crippen molar-refractivity contribution in [2.24, 2.45) is 5.92 Å². The van der Waals surface area contributed by atoms with Crippen molar-refractivity contribution in [3.05, 3.63) is 35.0 Å². The van der Waals surface area contributed by atoms with E-state index < -0.39 is 0 Å². The molecule has 1 heterocycles. The molecule has 0 bridgehead atoms. The number of hydrogen-bond donors (Lipinski definition) is 1. The first-order valence-electron chi connectivity index (χ1n) is 9.02. The second kappa shape index (κ2) is 6.77. The Bertz CT molecular complexity index is 695. The zero-order valence-corrected chi connectivity index (χ0v) is 14.6. The summed E-state index contributed by atoms with van der Waals surface area (Å²) >= 11 is 0. The van der Waals surface area contributed by atoms with Gasteiger partial charge in [-0.25, -0.2) is 0 Å². The molecule has 3 rings (SSSR count). The summed E-state index contributed by atoms with van der Waals surface area (Å²) in [6.45, 7) is 8.22. The molecule has 2 aromatic rings. The van der Waals surface area contributed by atoms with Crippen molar-refractivity contribution < 1.29 is 4.79 Å². The molecule has 0 radical (unpaired) electrons. The number of carbonyl (C=O) groups is 1. The number of amides is 1. The summed E-state index contributed by atoms with van der Waals surface area (Å²) in [5.41, 5.74) is 5.22. The van der Waals surface area contributed by atoms with E-state index in [0.717, 1.165) is 45.2 Å². The Morgan fingerprint density at radius 3 is 2.70 bits per heavy atom. The van der Waals surface area contributed by atoms with Crippen LogP contribution in [0.4, 0.5) is 0 Å². The van der Waals surface area contributed by atoms with Gasteiger partial charge >= 0.3 is 0 Å². The third-order valence-corrected chi connectivity index (χ3v) is 4.99. The molecule has 1 atom stereocenters. The number of aromatic amines is 1. The molecule has 23 heavy (non-hydrogen) atoms. The minimum Gasteiger partial charge on any atom is -0.358 e. The number of carbonyl (C=O) groups excluding carboxylic acids is 1. The highest BCUT2D eigenvalue weighted by atomic mass is 16.2. The standard InChI is InChI=1S/C20H28N2O/c1-4-10-22(11-5-2)20(23)15-7-9-19-17(13-15)16-12-14(3)6-8-18(16)21-19/h6,8,12,15,21H,4-5,7,9-11,13H2,1-3H3. The third kappa shape index (κ3) is 3.15. The average Bonchev–Trinajstić information content (AvgIpc) is 2.91. The van der Waals surface area contributed by atoms with Crippen molar-refractivity contribution in [2.45, 2.75) is 52.9 Å². The molecule has 0 saturated carbocycles. The lowest BCUT2D eigenvalue weighted by Gasteiger charge is -2.29. The first-order chi connectivity index (χ1) is 11.1. The number of benzene rings is 1. The van der Waals surface area contributed by atoms with Crippen LogP contribution in [-0.2, 0) is 17.6 Å². The summed E-state index contributed by atoms with van der Waals surface area (Å²) < 4.78 is 0. The first-order valence-corrected chi connectivity index (χ1v) is 9.02. The number of nitrogens with zero attached hydrogens (tertiary/aromatic N) is 1. The van der Waals surface area contributed by atoms with Crippen molar-refractivity contribution in [3.8, 4) is 0 Å². The number of aryl methyl sites for hydroxylation is 2. The predicted molar refractivity (Wildman–Crippen MR) is 95.7 cm³/mol. The summed E-state index contributed by atoms with van der Waals surface area (Å²) in [4.78, 5) is 18.6. The Balaban J connectivity index is 1.85. The Kier molecular flexibility index (Phi) is 4.74. The molecule has 0 fully saturated rings. The van der Waals surface area contributed by atoms with Crippen LogP contribution in [-0.4, -0.2) is 28.9 Å². The fourth-order valence-corrected chi connectivity index (χ4v) is 3.87. The quantitative estimate of drug-likeness (QED) is 0.881. The van der Waals surface area contributed by atoms with Crippen molar-refractivity contribution in [1.29, 1.82) is 0 Å². The topological polar surface area (TPSA) is 36.1 Å². The van der Waals surface area contributed by atoms with Crippen LogP contribution in [0.1, 0.15) is 49.9 Å². The Morgan fingerprint density at radius 2 is 2.00 bits per heavy atom. The summed E-state index contributed by atoms with van der Waals surface area (Å²) in [5.74, 6) is 0.515. The fourth-order valence-electron chi connectivity index (χ4n) is 3.87. The van der Waals surface area contributed by atoms with E-state index in [1.54, 1.807) is 0 Å². The monoisotopic (exact) mass is 312 g/mol. The second-order valence-corrected chi connectivity index (χ2v) is 6.90. The number of H-pyrrole nitrogens is 1. The Labute approximate surface area is 139 Å². The number of fused-ring (bicyclic) bond motifs is 3. The van der Waals surface area contributed by atoms with Crippen LogP contribution in [0.2, 0.25) is 0 Å². The third-order valence-electron chi connectivity index (χ3n) is 4.99. The number of nitrogens with one attached hydrogen (secondary N) is 1. The fraction of sp³-hybridized carbons (Fsp3) is 0.550. The van der Waals surface area contributed by atoms with Gasteiger partial charge in [0.15, 0.2) is 0 Å². The van der Waals surface area contributed by atoms with Crippen LogP contribution in [0.25, 0.3) is 10.9 Å². The predicted octanol–water partition coefficient (Wildman–Crippen LogP) is 4.23.